The van der Waals surface area contributed by atoms with Gasteiger partial charge in [0.1, 0.15) is 0 Å². The summed E-state index contributed by atoms with van der Waals surface area (Å²) >= 11 is 3.44. The van der Waals surface area contributed by atoms with Crippen molar-refractivity contribution >= 4 is 42.5 Å². The molecule has 11 aromatic carbocycles. The molecule has 0 aliphatic heterocycles. The van der Waals surface area contributed by atoms with Crippen LogP contribution in [0.3, 0.4) is 0 Å². The van der Waals surface area contributed by atoms with Gasteiger partial charge in [-0.1, -0.05) is 286 Å². The third kappa shape index (κ3) is 9.73. The Morgan fingerprint density at radius 2 is 0.740 bits per heavy atom. The number of nitrogens with zero attached hydrogens (tertiary/aromatic N) is 1. The third-order valence-corrected chi connectivity index (χ3v) is 14.0. The maximum Gasteiger partial charge on any atom is 0.0734 e. The molecule has 12 aromatic rings. The van der Waals surface area contributed by atoms with Crippen molar-refractivity contribution in [3.63, 3.8) is 0 Å². The van der Waals surface area contributed by atoms with Gasteiger partial charge in [-0.25, -0.2) is 0 Å². The highest BCUT2D eigenvalue weighted by Gasteiger charge is 2.48. The van der Waals surface area contributed by atoms with Crippen molar-refractivity contribution in [1.82, 2.24) is 4.57 Å². The van der Waals surface area contributed by atoms with E-state index in [1.54, 1.807) is 0 Å². The van der Waals surface area contributed by atoms with Gasteiger partial charge in [-0.15, -0.1) is 0 Å². The molecule has 13 rings (SSSR count). The zero-order valence-corrected chi connectivity index (χ0v) is 43.6. The minimum atomic E-state index is -0.489. The Kier molecular flexibility index (Phi) is 14.8. The highest BCUT2D eigenvalue weighted by Crippen LogP contribution is 2.58. The van der Waals surface area contributed by atoms with Crippen LogP contribution in [0.2, 0.25) is 0 Å². The largest absolute Gasteiger partial charge is 0.309 e. The van der Waals surface area contributed by atoms with Crippen molar-refractivity contribution in [1.29, 1.82) is 0 Å². The lowest BCUT2D eigenvalue weighted by Gasteiger charge is -2.35. The molecule has 0 N–H and O–H groups in total. The van der Waals surface area contributed by atoms with Crippen molar-refractivity contribution in [3.05, 3.63) is 318 Å². The van der Waals surface area contributed by atoms with Gasteiger partial charge in [0.25, 0.3) is 0 Å². The van der Waals surface area contributed by atoms with E-state index < -0.39 is 5.41 Å². The summed E-state index contributed by atoms with van der Waals surface area (Å²) in [5.41, 5.74) is 22.4. The van der Waals surface area contributed by atoms with Gasteiger partial charge < -0.3 is 4.57 Å². The molecule has 1 unspecified atom stereocenters. The fourth-order valence-electron chi connectivity index (χ4n) is 10.7. The number of para-hydroxylation sites is 1. The van der Waals surface area contributed by atoms with E-state index in [9.17, 15) is 0 Å². The van der Waals surface area contributed by atoms with Gasteiger partial charge in [0.15, 0.2) is 0 Å². The second kappa shape index (κ2) is 22.2. The van der Waals surface area contributed by atoms with E-state index in [4.69, 9.17) is 0 Å². The number of benzene rings is 11. The zero-order valence-electron chi connectivity index (χ0n) is 41.5. The van der Waals surface area contributed by atoms with E-state index in [-0.39, 0.29) is 0 Å². The number of hydrogen-bond acceptors (Lipinski definition) is 1. The number of rotatable bonds is 6. The summed E-state index contributed by atoms with van der Waals surface area (Å²) in [5, 5.41) is 2.53. The van der Waals surface area contributed by atoms with Crippen molar-refractivity contribution in [2.45, 2.75) is 26.2 Å². The molecule has 1 aliphatic carbocycles. The molecule has 1 aromatic heterocycles. The van der Waals surface area contributed by atoms with Crippen LogP contribution in [0, 0.1) is 20.8 Å². The van der Waals surface area contributed by atoms with E-state index in [0.29, 0.717) is 0 Å². The topological polar surface area (TPSA) is 4.93 Å². The van der Waals surface area contributed by atoms with Gasteiger partial charge in [-0.3, -0.25) is 0 Å². The van der Waals surface area contributed by atoms with Crippen molar-refractivity contribution in [2.24, 2.45) is 0 Å². The van der Waals surface area contributed by atoms with Crippen LogP contribution in [0.15, 0.2) is 279 Å². The Balaban J connectivity index is 0.000000177. The second-order valence-corrected chi connectivity index (χ2v) is 18.6. The predicted octanol–water partition coefficient (Wildman–Crippen LogP) is 19.2. The molecule has 1 atom stereocenters. The number of aryl methyl sites for hydroxylation is 3. The second-order valence-electron chi connectivity index (χ2n) is 18.6. The molecule has 354 valence electrons. The Morgan fingerprint density at radius 3 is 1.32 bits per heavy atom. The monoisotopic (exact) mass is 975 g/mol. The van der Waals surface area contributed by atoms with Crippen molar-refractivity contribution in [3.8, 4) is 50.2 Å². The van der Waals surface area contributed by atoms with E-state index in [0.717, 1.165) is 0 Å². The van der Waals surface area contributed by atoms with Gasteiger partial charge in [0, 0.05) is 16.3 Å². The molecular weight excluding hydrogens is 918 g/mol. The summed E-state index contributed by atoms with van der Waals surface area (Å²) in [7, 11) is 2.11. The highest BCUT2D eigenvalue weighted by molar-refractivity contribution is 8.31. The molecule has 0 spiro atoms. The van der Waals surface area contributed by atoms with Crippen LogP contribution in [-0.2, 0) is 5.41 Å². The molecule has 1 heterocycles. The molecule has 0 fully saturated rings. The van der Waals surface area contributed by atoms with E-state index in [1.165, 1.54) is 111 Å². The lowest BCUT2D eigenvalue weighted by molar-refractivity contribution is 0.762. The number of fused-ring (bicyclic) bond motifs is 6. The lowest BCUT2D eigenvalue weighted by Crippen LogP contribution is -2.29. The molecule has 0 saturated heterocycles. The summed E-state index contributed by atoms with van der Waals surface area (Å²) in [6.07, 6.45) is 0. The average molecular weight is 976 g/mol. The summed E-state index contributed by atoms with van der Waals surface area (Å²) in [6.45, 7) is 6.38. The standard InChI is InChI=1S/C44H31N.2C13H12.H3PS/c1-30-14-12-15-31(28-30)32-26-27-37-36-21-9-11-24-40(36)45(42(37)29-32)41-25-13-22-38-35-20-8-10-23-39(35)44(43(38)41,33-16-4-2-5-17-33)34-18-6-3-7-19-34;2*1-11-7-9-13(10-8-11)12-5-3-2-4-6-12;1-2/h2-29H,1H3;2*2-10H,1H3;2H,1H2. The van der Waals surface area contributed by atoms with Crippen LogP contribution in [-0.4, -0.2) is 4.57 Å². The van der Waals surface area contributed by atoms with Gasteiger partial charge in [0.2, 0.25) is 0 Å². The Labute approximate surface area is 438 Å². The Morgan fingerprint density at radius 1 is 0.315 bits per heavy atom. The smallest absolute Gasteiger partial charge is 0.0734 e. The Hall–Kier alpha value is -8.00. The molecule has 0 saturated carbocycles. The molecule has 3 heteroatoms. The van der Waals surface area contributed by atoms with E-state index >= 15 is 0 Å². The summed E-state index contributed by atoms with van der Waals surface area (Å²) in [6, 6.07) is 101. The minimum absolute atomic E-state index is 0.489. The van der Waals surface area contributed by atoms with Crippen LogP contribution in [0.25, 0.3) is 72.0 Å². The van der Waals surface area contributed by atoms with E-state index in [1.807, 2.05) is 12.1 Å². The van der Waals surface area contributed by atoms with Crippen LogP contribution < -0.4 is 0 Å². The molecule has 73 heavy (non-hydrogen) atoms. The summed E-state index contributed by atoms with van der Waals surface area (Å²) < 4.78 is 2.52. The van der Waals surface area contributed by atoms with Crippen LogP contribution in [0.1, 0.15) is 38.9 Å². The number of aromatic nitrogens is 1. The first-order valence-corrected chi connectivity index (χ1v) is 27.0. The maximum absolute atomic E-state index is 3.44. The van der Waals surface area contributed by atoms with Crippen molar-refractivity contribution < 1.29 is 0 Å². The summed E-state index contributed by atoms with van der Waals surface area (Å²) in [4.78, 5) is 0. The highest BCUT2D eigenvalue weighted by atomic mass is 32.7. The first-order chi connectivity index (χ1) is 36.0. The van der Waals surface area contributed by atoms with Gasteiger partial charge in [-0.05, 0) is 100 Å². The SMILES string of the molecule is Cc1ccc(-c2ccccc2)cc1.Cc1ccc(-c2ccccc2)cc1.Cc1cccc(-c2ccc3c4ccccc4n(-c4cccc5c4C(c4ccccc4)(c4ccccc4)c4ccccc4-5)c3c2)c1.PS. The molecule has 1 aliphatic rings. The zero-order chi connectivity index (χ0) is 50.2. The summed E-state index contributed by atoms with van der Waals surface area (Å²) in [5.74, 6) is 0. The number of hydrogen-bond donors (Lipinski definition) is 1. The van der Waals surface area contributed by atoms with Gasteiger partial charge >= 0.3 is 0 Å². The van der Waals surface area contributed by atoms with Crippen LogP contribution >= 0.6 is 20.7 Å². The quantitative estimate of drug-likeness (QED) is 0.125. The first kappa shape index (κ1) is 48.6. The van der Waals surface area contributed by atoms with Crippen LogP contribution in [0.5, 0.6) is 0 Å². The van der Waals surface area contributed by atoms with E-state index in [2.05, 4.69) is 313 Å². The molecule has 1 nitrogen and oxygen atoms in total. The number of thiol groups is 1. The third-order valence-electron chi connectivity index (χ3n) is 14.0. The normalized spacial score (nSPS) is 11.7. The van der Waals surface area contributed by atoms with Crippen molar-refractivity contribution in [2.75, 3.05) is 0 Å². The average Bonchev–Trinajstić information content (AvgIpc) is 3.96. The molecule has 0 amide bonds. The lowest BCUT2D eigenvalue weighted by atomic mass is 9.67. The van der Waals surface area contributed by atoms with Crippen LogP contribution in [0.4, 0.5) is 0 Å². The predicted molar refractivity (Wildman–Crippen MR) is 320 cm³/mol. The Bertz CT molecular complexity index is 3630. The fourth-order valence-corrected chi connectivity index (χ4v) is 10.7. The molecule has 0 radical (unpaired) electrons. The fraction of sp³-hybridized carbons (Fsp3) is 0.0571. The molecular formula is C70H58NPS. The van der Waals surface area contributed by atoms with Gasteiger partial charge in [-0.2, -0.15) is 12.2 Å². The van der Waals surface area contributed by atoms with Gasteiger partial charge in [0.05, 0.1) is 22.1 Å². The maximum atomic E-state index is 3.44. The minimum Gasteiger partial charge on any atom is -0.309 e. The molecule has 0 bridgehead atoms. The first-order valence-electron chi connectivity index (χ1n) is 24.9.